The highest BCUT2D eigenvalue weighted by atomic mass is 127. The van der Waals surface area contributed by atoms with Gasteiger partial charge in [-0.1, -0.05) is 12.1 Å². The van der Waals surface area contributed by atoms with Crippen LogP contribution in [0.4, 0.5) is 5.69 Å². The van der Waals surface area contributed by atoms with Crippen LogP contribution >= 0.6 is 34.4 Å². The maximum atomic E-state index is 11.8. The van der Waals surface area contributed by atoms with Crippen molar-refractivity contribution in [3.63, 3.8) is 0 Å². The summed E-state index contributed by atoms with van der Waals surface area (Å²) >= 11 is 3.93. The third-order valence-corrected chi connectivity index (χ3v) is 4.12. The Morgan fingerprint density at radius 3 is 2.35 bits per heavy atom. The first kappa shape index (κ1) is 15.1. The zero-order chi connectivity index (χ0) is 14.4. The molecule has 0 aliphatic rings. The third kappa shape index (κ3) is 4.68. The normalized spacial score (nSPS) is 10.7. The van der Waals surface area contributed by atoms with Gasteiger partial charge in [-0.2, -0.15) is 0 Å². The zero-order valence-corrected chi connectivity index (χ0v) is 13.9. The first-order valence-electron chi connectivity index (χ1n) is 6.06. The van der Waals surface area contributed by atoms with Crippen molar-refractivity contribution in [1.82, 2.24) is 0 Å². The van der Waals surface area contributed by atoms with Gasteiger partial charge in [-0.25, -0.2) is 0 Å². The van der Waals surface area contributed by atoms with E-state index in [1.165, 1.54) is 4.90 Å². The fraction of sp³-hybridized carbons (Fsp3) is 0.0625. The highest BCUT2D eigenvalue weighted by Gasteiger charge is 1.97. The van der Waals surface area contributed by atoms with E-state index in [-0.39, 0.29) is 5.91 Å². The number of carbonyl (C=O) groups is 1. The Morgan fingerprint density at radius 1 is 1.10 bits per heavy atom. The number of anilines is 1. The number of rotatable bonds is 4. The second-order valence-electron chi connectivity index (χ2n) is 4.10. The van der Waals surface area contributed by atoms with Gasteiger partial charge in [-0.05, 0) is 76.9 Å². The van der Waals surface area contributed by atoms with Gasteiger partial charge in [0.25, 0.3) is 0 Å². The summed E-state index contributed by atoms with van der Waals surface area (Å²) in [5.41, 5.74) is 1.82. The van der Waals surface area contributed by atoms with Crippen molar-refractivity contribution in [3.05, 3.63) is 63.7 Å². The largest absolute Gasteiger partial charge is 0.323 e. The molecule has 2 aromatic rings. The Labute approximate surface area is 136 Å². The highest BCUT2D eigenvalue weighted by Crippen LogP contribution is 2.15. The molecule has 0 radical (unpaired) electrons. The first-order valence-corrected chi connectivity index (χ1v) is 8.36. The number of carbonyl (C=O) groups excluding carboxylic acids is 1. The summed E-state index contributed by atoms with van der Waals surface area (Å²) in [4.78, 5) is 13.0. The molecule has 0 aliphatic carbocycles. The second kappa shape index (κ2) is 7.50. The molecule has 0 aromatic heterocycles. The van der Waals surface area contributed by atoms with E-state index in [1.54, 1.807) is 17.8 Å². The van der Waals surface area contributed by atoms with Gasteiger partial charge in [0.2, 0.25) is 5.91 Å². The first-order chi connectivity index (χ1) is 9.67. The lowest BCUT2D eigenvalue weighted by Crippen LogP contribution is -2.07. The van der Waals surface area contributed by atoms with Gasteiger partial charge in [0, 0.05) is 20.2 Å². The van der Waals surface area contributed by atoms with E-state index in [2.05, 4.69) is 27.9 Å². The van der Waals surface area contributed by atoms with Crippen molar-refractivity contribution < 1.29 is 4.79 Å². The van der Waals surface area contributed by atoms with E-state index < -0.39 is 0 Å². The number of hydrogen-bond donors (Lipinski definition) is 1. The molecule has 2 nitrogen and oxygen atoms in total. The summed E-state index contributed by atoms with van der Waals surface area (Å²) in [5.74, 6) is -0.125. The van der Waals surface area contributed by atoms with E-state index >= 15 is 0 Å². The molecule has 102 valence electrons. The Kier molecular flexibility index (Phi) is 5.67. The molecule has 2 rings (SSSR count). The Bertz CT molecular complexity index is 605. The molecule has 0 saturated carbocycles. The molecular weight excluding hydrogens is 381 g/mol. The van der Waals surface area contributed by atoms with Gasteiger partial charge < -0.3 is 5.32 Å². The molecule has 0 aliphatic heterocycles. The maximum Gasteiger partial charge on any atom is 0.248 e. The smallest absolute Gasteiger partial charge is 0.248 e. The summed E-state index contributed by atoms with van der Waals surface area (Å²) < 4.78 is 1.14. The van der Waals surface area contributed by atoms with Crippen LogP contribution in [0.1, 0.15) is 5.56 Å². The van der Waals surface area contributed by atoms with Crippen LogP contribution in [0.3, 0.4) is 0 Å². The van der Waals surface area contributed by atoms with Crippen LogP contribution in [0.5, 0.6) is 0 Å². The minimum absolute atomic E-state index is 0.125. The fourth-order valence-electron chi connectivity index (χ4n) is 1.60. The maximum absolute atomic E-state index is 11.8. The Hall–Kier alpha value is -1.27. The van der Waals surface area contributed by atoms with Gasteiger partial charge in [0.05, 0.1) is 0 Å². The summed E-state index contributed by atoms with van der Waals surface area (Å²) in [6.07, 6.45) is 5.40. The molecule has 0 unspecified atom stereocenters. The monoisotopic (exact) mass is 395 g/mol. The highest BCUT2D eigenvalue weighted by molar-refractivity contribution is 14.1. The Morgan fingerprint density at radius 2 is 1.75 bits per heavy atom. The number of halogens is 1. The lowest BCUT2D eigenvalue weighted by molar-refractivity contribution is -0.111. The predicted molar refractivity (Wildman–Crippen MR) is 95.0 cm³/mol. The zero-order valence-electron chi connectivity index (χ0n) is 11.0. The third-order valence-electron chi connectivity index (χ3n) is 2.65. The van der Waals surface area contributed by atoms with Crippen molar-refractivity contribution in [1.29, 1.82) is 0 Å². The lowest BCUT2D eigenvalue weighted by atomic mass is 10.2. The summed E-state index contributed by atoms with van der Waals surface area (Å²) in [7, 11) is 0. The van der Waals surface area contributed by atoms with E-state index in [9.17, 15) is 4.79 Å². The van der Waals surface area contributed by atoms with Gasteiger partial charge in [0.15, 0.2) is 0 Å². The molecule has 4 heteroatoms. The number of benzene rings is 2. The van der Waals surface area contributed by atoms with Crippen LogP contribution in [-0.2, 0) is 4.79 Å². The number of nitrogens with one attached hydrogen (secondary N) is 1. The summed E-state index contributed by atoms with van der Waals surface area (Å²) in [5, 5.41) is 2.83. The van der Waals surface area contributed by atoms with E-state index in [0.29, 0.717) is 0 Å². The van der Waals surface area contributed by atoms with Crippen LogP contribution in [-0.4, -0.2) is 12.2 Å². The molecule has 0 spiro atoms. The van der Waals surface area contributed by atoms with Crippen molar-refractivity contribution in [2.24, 2.45) is 0 Å². The molecule has 0 heterocycles. The van der Waals surface area contributed by atoms with Crippen molar-refractivity contribution in [2.45, 2.75) is 4.90 Å². The number of thioether (sulfide) groups is 1. The SMILES string of the molecule is CSc1ccc(/C=C/C(=O)Nc2ccc(I)cc2)cc1. The van der Waals surface area contributed by atoms with Gasteiger partial charge >= 0.3 is 0 Å². The van der Waals surface area contributed by atoms with E-state index in [0.717, 1.165) is 14.8 Å². The van der Waals surface area contributed by atoms with Crippen molar-refractivity contribution >= 4 is 52.0 Å². The minimum atomic E-state index is -0.125. The summed E-state index contributed by atoms with van der Waals surface area (Å²) in [6, 6.07) is 15.8. The van der Waals surface area contributed by atoms with Crippen LogP contribution in [0.15, 0.2) is 59.5 Å². The molecule has 2 aromatic carbocycles. The average molecular weight is 395 g/mol. The van der Waals surface area contributed by atoms with E-state index in [1.807, 2.05) is 60.9 Å². The summed E-state index contributed by atoms with van der Waals surface area (Å²) in [6.45, 7) is 0. The lowest BCUT2D eigenvalue weighted by Gasteiger charge is -2.02. The predicted octanol–water partition coefficient (Wildman–Crippen LogP) is 4.67. The molecule has 1 amide bonds. The van der Waals surface area contributed by atoms with Gasteiger partial charge in [-0.15, -0.1) is 11.8 Å². The van der Waals surface area contributed by atoms with Gasteiger partial charge in [-0.3, -0.25) is 4.79 Å². The fourth-order valence-corrected chi connectivity index (χ4v) is 2.37. The molecule has 1 N–H and O–H groups in total. The minimum Gasteiger partial charge on any atom is -0.323 e. The standard InChI is InChI=1S/C16H14INOS/c1-20-15-9-2-12(3-10-15)4-11-16(19)18-14-7-5-13(17)6-8-14/h2-11H,1H3,(H,18,19)/b11-4+. The van der Waals surface area contributed by atoms with Crippen LogP contribution in [0.25, 0.3) is 6.08 Å². The average Bonchev–Trinajstić information content (AvgIpc) is 2.48. The molecule has 0 atom stereocenters. The molecule has 0 saturated heterocycles. The van der Waals surface area contributed by atoms with Crippen molar-refractivity contribution in [2.75, 3.05) is 11.6 Å². The molecule has 20 heavy (non-hydrogen) atoms. The van der Waals surface area contributed by atoms with Crippen LogP contribution < -0.4 is 5.32 Å². The van der Waals surface area contributed by atoms with Crippen molar-refractivity contribution in [3.8, 4) is 0 Å². The molecular formula is C16H14INOS. The van der Waals surface area contributed by atoms with Crippen LogP contribution in [0.2, 0.25) is 0 Å². The van der Waals surface area contributed by atoms with Gasteiger partial charge in [0.1, 0.15) is 0 Å². The quantitative estimate of drug-likeness (QED) is 0.463. The number of amides is 1. The second-order valence-corrected chi connectivity index (χ2v) is 6.23. The van der Waals surface area contributed by atoms with Crippen LogP contribution in [0, 0.1) is 3.57 Å². The molecule has 0 fully saturated rings. The van der Waals surface area contributed by atoms with E-state index in [4.69, 9.17) is 0 Å². The topological polar surface area (TPSA) is 29.1 Å². The molecule has 0 bridgehead atoms. The number of hydrogen-bond acceptors (Lipinski definition) is 2. The Balaban J connectivity index is 1.96.